The molecule has 0 N–H and O–H groups in total. The van der Waals surface area contributed by atoms with Crippen LogP contribution in [-0.2, 0) is 25.5 Å². The Balaban J connectivity index is 2.38. The minimum absolute atomic E-state index is 0.185. The van der Waals surface area contributed by atoms with Gasteiger partial charge in [0.05, 0.1) is 30.5 Å². The molecule has 0 aliphatic heterocycles. The van der Waals surface area contributed by atoms with Gasteiger partial charge in [0.25, 0.3) is 6.47 Å². The lowest BCUT2D eigenvalue weighted by Crippen LogP contribution is -2.40. The number of allylic oxidation sites excluding steroid dienone is 1. The largest absolute Gasteiger partial charge is 0.755 e. The average molecular weight is 380 g/mol. The molecule has 26 heavy (non-hydrogen) atoms. The van der Waals surface area contributed by atoms with Crippen molar-refractivity contribution in [3.63, 3.8) is 0 Å². The van der Waals surface area contributed by atoms with Crippen molar-refractivity contribution >= 4 is 29.4 Å². The van der Waals surface area contributed by atoms with Gasteiger partial charge in [0, 0.05) is 17.7 Å². The van der Waals surface area contributed by atoms with Gasteiger partial charge in [-0.15, -0.1) is 0 Å². The van der Waals surface area contributed by atoms with Gasteiger partial charge in [-0.05, 0) is 43.9 Å². The minimum Gasteiger partial charge on any atom is -0.755 e. The molecule has 7 nitrogen and oxygen atoms in total. The number of anilines is 1. The Hall–Kier alpha value is -2.19. The SMILES string of the molecule is CCOC(=O)c1ccccc1N(C1CCCC=C1CCOC=O)S(=O)[O-]. The number of carbonyl (C=O) groups is 2. The number of nitrogens with zero attached hydrogens (tertiary/aromatic N) is 1. The van der Waals surface area contributed by atoms with Crippen molar-refractivity contribution in [3.8, 4) is 0 Å². The van der Waals surface area contributed by atoms with Crippen LogP contribution in [0.3, 0.4) is 0 Å². The second kappa shape index (κ2) is 10.1. The molecule has 0 aromatic heterocycles. The van der Waals surface area contributed by atoms with Gasteiger partial charge >= 0.3 is 5.97 Å². The summed E-state index contributed by atoms with van der Waals surface area (Å²) in [6.07, 6.45) is 4.72. The first kappa shape index (κ1) is 20.1. The van der Waals surface area contributed by atoms with Gasteiger partial charge in [-0.1, -0.05) is 18.2 Å². The van der Waals surface area contributed by atoms with Crippen molar-refractivity contribution in [3.05, 3.63) is 41.5 Å². The summed E-state index contributed by atoms with van der Waals surface area (Å²) in [6.45, 7) is 2.45. The third-order valence-corrected chi connectivity index (χ3v) is 4.95. The van der Waals surface area contributed by atoms with E-state index in [1.165, 1.54) is 4.31 Å². The molecule has 2 rings (SSSR count). The molecule has 0 bridgehead atoms. The van der Waals surface area contributed by atoms with Crippen molar-refractivity contribution in [2.75, 3.05) is 17.5 Å². The molecule has 1 aliphatic carbocycles. The Kier molecular flexibility index (Phi) is 7.80. The van der Waals surface area contributed by atoms with Gasteiger partial charge in [0.2, 0.25) is 0 Å². The van der Waals surface area contributed by atoms with Crippen LogP contribution < -0.4 is 4.31 Å². The standard InChI is InChI=1S/C18H23NO6S/c1-2-25-18(21)15-8-4-6-10-17(15)19(26(22)23)16-9-5-3-7-14(16)11-12-24-13-20/h4,6-8,10,13,16H,2-3,5,9,11-12H2,1H3,(H,22,23)/p-1. The zero-order valence-corrected chi connectivity index (χ0v) is 15.4. The van der Waals surface area contributed by atoms with Gasteiger partial charge in [-0.2, -0.15) is 0 Å². The number of rotatable bonds is 9. The number of para-hydroxylation sites is 1. The molecule has 8 heteroatoms. The monoisotopic (exact) mass is 380 g/mol. The average Bonchev–Trinajstić information content (AvgIpc) is 2.64. The summed E-state index contributed by atoms with van der Waals surface area (Å²) in [4.78, 5) is 22.6. The number of esters is 1. The van der Waals surface area contributed by atoms with Crippen LogP contribution in [0.2, 0.25) is 0 Å². The fourth-order valence-corrected chi connectivity index (χ4v) is 3.85. The first-order valence-electron chi connectivity index (χ1n) is 8.49. The lowest BCUT2D eigenvalue weighted by atomic mass is 9.91. The van der Waals surface area contributed by atoms with Crippen LogP contribution in [0.1, 0.15) is 43.0 Å². The first-order chi connectivity index (χ1) is 12.6. The molecule has 2 unspecified atom stereocenters. The molecule has 0 fully saturated rings. The third-order valence-electron chi connectivity index (χ3n) is 4.17. The predicted molar refractivity (Wildman–Crippen MR) is 96.2 cm³/mol. The number of benzene rings is 1. The van der Waals surface area contributed by atoms with Crippen LogP contribution in [0.15, 0.2) is 35.9 Å². The van der Waals surface area contributed by atoms with Gasteiger partial charge in [-0.25, -0.2) is 4.79 Å². The quantitative estimate of drug-likeness (QED) is 0.215. The Morgan fingerprint density at radius 1 is 1.42 bits per heavy atom. The van der Waals surface area contributed by atoms with E-state index in [9.17, 15) is 18.4 Å². The summed E-state index contributed by atoms with van der Waals surface area (Å²) in [5.74, 6) is -0.566. The molecule has 0 spiro atoms. The summed E-state index contributed by atoms with van der Waals surface area (Å²) in [7, 11) is 0. The van der Waals surface area contributed by atoms with Gasteiger partial charge in [0.15, 0.2) is 0 Å². The van der Waals surface area contributed by atoms with Crippen molar-refractivity contribution in [1.29, 1.82) is 0 Å². The topological polar surface area (TPSA) is 96.0 Å². The fourth-order valence-electron chi connectivity index (χ4n) is 3.08. The van der Waals surface area contributed by atoms with Crippen LogP contribution in [0.25, 0.3) is 0 Å². The third kappa shape index (κ3) is 4.92. The van der Waals surface area contributed by atoms with Crippen LogP contribution in [0, 0.1) is 0 Å². The van der Waals surface area contributed by atoms with Crippen molar-refractivity contribution in [2.24, 2.45) is 0 Å². The molecule has 0 radical (unpaired) electrons. The Bertz CT molecular complexity index is 690. The van der Waals surface area contributed by atoms with E-state index in [1.807, 2.05) is 6.08 Å². The van der Waals surface area contributed by atoms with Crippen LogP contribution in [0.4, 0.5) is 5.69 Å². The van der Waals surface area contributed by atoms with E-state index < -0.39 is 23.3 Å². The Labute approximate surface area is 155 Å². The minimum atomic E-state index is -2.59. The molecule has 0 heterocycles. The number of hydrogen-bond donors (Lipinski definition) is 0. The highest BCUT2D eigenvalue weighted by Gasteiger charge is 2.28. The zero-order chi connectivity index (χ0) is 18.9. The van der Waals surface area contributed by atoms with E-state index in [0.717, 1.165) is 18.4 Å². The summed E-state index contributed by atoms with van der Waals surface area (Å²) < 4.78 is 35.2. The molecule has 0 saturated carbocycles. The summed E-state index contributed by atoms with van der Waals surface area (Å²) in [5, 5.41) is 0. The van der Waals surface area contributed by atoms with Gasteiger partial charge in [0.1, 0.15) is 0 Å². The fraction of sp³-hybridized carbons (Fsp3) is 0.444. The van der Waals surface area contributed by atoms with Crippen molar-refractivity contribution < 1.29 is 27.8 Å². The molecule has 0 amide bonds. The molecule has 1 aromatic rings. The van der Waals surface area contributed by atoms with Gasteiger partial charge < -0.3 is 14.0 Å². The Morgan fingerprint density at radius 2 is 2.19 bits per heavy atom. The predicted octanol–water partition coefficient (Wildman–Crippen LogP) is 2.51. The lowest BCUT2D eigenvalue weighted by molar-refractivity contribution is -0.128. The first-order valence-corrected chi connectivity index (χ1v) is 9.52. The molecular formula is C18H22NO6S-. The smallest absolute Gasteiger partial charge is 0.340 e. The number of carbonyl (C=O) groups excluding carboxylic acids is 2. The maximum Gasteiger partial charge on any atom is 0.340 e. The number of hydrogen-bond acceptors (Lipinski definition) is 6. The molecule has 1 aliphatic rings. The highest BCUT2D eigenvalue weighted by Crippen LogP contribution is 2.33. The van der Waals surface area contributed by atoms with E-state index in [-0.39, 0.29) is 24.5 Å². The van der Waals surface area contributed by atoms with Crippen molar-refractivity contribution in [1.82, 2.24) is 0 Å². The summed E-state index contributed by atoms with van der Waals surface area (Å²) in [6, 6.07) is 6.06. The second-order valence-corrected chi connectivity index (χ2v) is 6.55. The van der Waals surface area contributed by atoms with Crippen molar-refractivity contribution in [2.45, 2.75) is 38.6 Å². The second-order valence-electron chi connectivity index (χ2n) is 5.72. The van der Waals surface area contributed by atoms with E-state index in [4.69, 9.17) is 9.47 Å². The van der Waals surface area contributed by atoms with Crippen LogP contribution >= 0.6 is 0 Å². The molecule has 2 atom stereocenters. The van der Waals surface area contributed by atoms with Crippen LogP contribution in [-0.4, -0.2) is 40.5 Å². The highest BCUT2D eigenvalue weighted by molar-refractivity contribution is 7.80. The highest BCUT2D eigenvalue weighted by atomic mass is 32.2. The molecule has 1 aromatic carbocycles. The molecular weight excluding hydrogens is 358 g/mol. The van der Waals surface area contributed by atoms with Crippen LogP contribution in [0.5, 0.6) is 0 Å². The van der Waals surface area contributed by atoms with E-state index in [0.29, 0.717) is 19.3 Å². The van der Waals surface area contributed by atoms with E-state index in [1.54, 1.807) is 31.2 Å². The summed E-state index contributed by atoms with van der Waals surface area (Å²) in [5.41, 5.74) is 1.36. The maximum absolute atomic E-state index is 12.2. The maximum atomic E-state index is 12.2. The van der Waals surface area contributed by atoms with E-state index in [2.05, 4.69) is 0 Å². The van der Waals surface area contributed by atoms with E-state index >= 15 is 0 Å². The normalized spacial score (nSPS) is 17.8. The summed E-state index contributed by atoms with van der Waals surface area (Å²) >= 11 is -2.59. The zero-order valence-electron chi connectivity index (χ0n) is 14.6. The molecule has 142 valence electrons. The lowest BCUT2D eigenvalue weighted by Gasteiger charge is -2.38. The van der Waals surface area contributed by atoms with Gasteiger partial charge in [-0.3, -0.25) is 13.3 Å². The molecule has 0 saturated heterocycles. The number of ether oxygens (including phenoxy) is 2. The Morgan fingerprint density at radius 3 is 2.88 bits per heavy atom.